The second-order valence-corrected chi connectivity index (χ2v) is 4.98. The van der Waals surface area contributed by atoms with Gasteiger partial charge in [0.15, 0.2) is 0 Å². The highest BCUT2D eigenvalue weighted by Crippen LogP contribution is 2.29. The standard InChI is InChI=1S/C14H17ClN2O/c1-4-8(2)16-14(18)12-9(3)17-11-7-5-6-10(15)13(11)12/h5-8,17H,4H2,1-3H3,(H,16,18). The Bertz CT molecular complexity index is 589. The number of benzene rings is 1. The molecule has 18 heavy (non-hydrogen) atoms. The summed E-state index contributed by atoms with van der Waals surface area (Å²) in [6.45, 7) is 5.92. The number of carbonyl (C=O) groups is 1. The van der Waals surface area contributed by atoms with Crippen molar-refractivity contribution in [2.24, 2.45) is 0 Å². The zero-order valence-electron chi connectivity index (χ0n) is 10.8. The van der Waals surface area contributed by atoms with Gasteiger partial charge in [0.2, 0.25) is 0 Å². The number of halogens is 1. The largest absolute Gasteiger partial charge is 0.358 e. The van der Waals surface area contributed by atoms with Crippen LogP contribution in [0.1, 0.15) is 36.3 Å². The van der Waals surface area contributed by atoms with Crippen molar-refractivity contribution in [1.82, 2.24) is 10.3 Å². The third-order valence-corrected chi connectivity index (χ3v) is 3.49. The molecule has 1 heterocycles. The van der Waals surface area contributed by atoms with Gasteiger partial charge in [-0.1, -0.05) is 24.6 Å². The summed E-state index contributed by atoms with van der Waals surface area (Å²) >= 11 is 6.19. The molecule has 0 aliphatic rings. The van der Waals surface area contributed by atoms with Gasteiger partial charge in [0.1, 0.15) is 0 Å². The fraction of sp³-hybridized carbons (Fsp3) is 0.357. The minimum Gasteiger partial charge on any atom is -0.358 e. The van der Waals surface area contributed by atoms with Gasteiger partial charge in [-0.3, -0.25) is 4.79 Å². The molecule has 0 aliphatic heterocycles. The van der Waals surface area contributed by atoms with Crippen molar-refractivity contribution in [1.29, 1.82) is 0 Å². The van der Waals surface area contributed by atoms with Gasteiger partial charge in [-0.2, -0.15) is 0 Å². The van der Waals surface area contributed by atoms with Gasteiger partial charge in [0.25, 0.3) is 5.91 Å². The van der Waals surface area contributed by atoms with E-state index in [-0.39, 0.29) is 11.9 Å². The topological polar surface area (TPSA) is 44.9 Å². The van der Waals surface area contributed by atoms with Crippen LogP contribution in [0.15, 0.2) is 18.2 Å². The number of H-pyrrole nitrogens is 1. The molecule has 2 aromatic rings. The number of aromatic nitrogens is 1. The van der Waals surface area contributed by atoms with Gasteiger partial charge in [-0.05, 0) is 32.4 Å². The van der Waals surface area contributed by atoms with E-state index in [1.807, 2.05) is 32.9 Å². The molecule has 0 bridgehead atoms. The number of nitrogens with one attached hydrogen (secondary N) is 2. The lowest BCUT2D eigenvalue weighted by molar-refractivity contribution is 0.0940. The van der Waals surface area contributed by atoms with Crippen LogP contribution in [-0.2, 0) is 0 Å². The summed E-state index contributed by atoms with van der Waals surface area (Å²) in [5, 5.41) is 4.38. The number of amides is 1. The van der Waals surface area contributed by atoms with E-state index < -0.39 is 0 Å². The second kappa shape index (κ2) is 5.02. The lowest BCUT2D eigenvalue weighted by atomic mass is 10.1. The molecule has 1 unspecified atom stereocenters. The van der Waals surface area contributed by atoms with Crippen molar-refractivity contribution >= 4 is 28.4 Å². The summed E-state index contributed by atoms with van der Waals surface area (Å²) in [7, 11) is 0. The molecular weight excluding hydrogens is 248 g/mol. The molecule has 2 rings (SSSR count). The van der Waals surface area contributed by atoms with Gasteiger partial charge in [-0.15, -0.1) is 0 Å². The highest BCUT2D eigenvalue weighted by molar-refractivity contribution is 6.37. The zero-order chi connectivity index (χ0) is 13.3. The van der Waals surface area contributed by atoms with Crippen LogP contribution in [0.4, 0.5) is 0 Å². The lowest BCUT2D eigenvalue weighted by Gasteiger charge is -2.11. The molecule has 0 saturated carbocycles. The van der Waals surface area contributed by atoms with E-state index in [0.717, 1.165) is 23.0 Å². The third-order valence-electron chi connectivity index (χ3n) is 3.18. The summed E-state index contributed by atoms with van der Waals surface area (Å²) in [6.07, 6.45) is 0.904. The van der Waals surface area contributed by atoms with Gasteiger partial charge < -0.3 is 10.3 Å². The first-order valence-corrected chi connectivity index (χ1v) is 6.50. The van der Waals surface area contributed by atoms with Crippen molar-refractivity contribution in [3.63, 3.8) is 0 Å². The SMILES string of the molecule is CCC(C)NC(=O)c1c(C)[nH]c2cccc(Cl)c12. The van der Waals surface area contributed by atoms with Crippen LogP contribution in [0.5, 0.6) is 0 Å². The van der Waals surface area contributed by atoms with E-state index in [9.17, 15) is 4.79 Å². The maximum Gasteiger partial charge on any atom is 0.253 e. The maximum atomic E-state index is 12.3. The fourth-order valence-corrected chi connectivity index (χ4v) is 2.29. The van der Waals surface area contributed by atoms with E-state index in [2.05, 4.69) is 10.3 Å². The molecule has 1 aromatic heterocycles. The maximum absolute atomic E-state index is 12.3. The van der Waals surface area contributed by atoms with Crippen molar-refractivity contribution in [3.8, 4) is 0 Å². The van der Waals surface area contributed by atoms with Crippen LogP contribution in [0, 0.1) is 6.92 Å². The summed E-state index contributed by atoms with van der Waals surface area (Å²) in [5.74, 6) is -0.0683. The van der Waals surface area contributed by atoms with Gasteiger partial charge in [0, 0.05) is 22.6 Å². The Balaban J connectivity index is 2.50. The summed E-state index contributed by atoms with van der Waals surface area (Å²) < 4.78 is 0. The second-order valence-electron chi connectivity index (χ2n) is 4.57. The predicted octanol–water partition coefficient (Wildman–Crippen LogP) is 3.66. The molecule has 4 heteroatoms. The van der Waals surface area contributed by atoms with Crippen LogP contribution in [0.2, 0.25) is 5.02 Å². The van der Waals surface area contributed by atoms with Gasteiger partial charge in [0.05, 0.1) is 10.6 Å². The molecule has 1 aromatic carbocycles. The Hall–Kier alpha value is -1.48. The average Bonchev–Trinajstić information content (AvgIpc) is 2.66. The van der Waals surface area contributed by atoms with Gasteiger partial charge >= 0.3 is 0 Å². The van der Waals surface area contributed by atoms with Crippen LogP contribution in [-0.4, -0.2) is 16.9 Å². The highest BCUT2D eigenvalue weighted by Gasteiger charge is 2.18. The van der Waals surface area contributed by atoms with E-state index in [4.69, 9.17) is 11.6 Å². The first kappa shape index (κ1) is 13.0. The molecule has 0 aliphatic carbocycles. The number of hydrogen-bond donors (Lipinski definition) is 2. The Kier molecular flexibility index (Phi) is 3.62. The van der Waals surface area contributed by atoms with Crippen LogP contribution in [0.3, 0.4) is 0 Å². The number of hydrogen-bond acceptors (Lipinski definition) is 1. The van der Waals surface area contributed by atoms with Crippen molar-refractivity contribution < 1.29 is 4.79 Å². The monoisotopic (exact) mass is 264 g/mol. The first-order chi connectivity index (χ1) is 8.54. The molecule has 3 nitrogen and oxygen atoms in total. The molecule has 0 fully saturated rings. The minimum absolute atomic E-state index is 0.0683. The van der Waals surface area contributed by atoms with Crippen molar-refractivity contribution in [2.75, 3.05) is 0 Å². The van der Waals surface area contributed by atoms with E-state index in [0.29, 0.717) is 10.6 Å². The summed E-state index contributed by atoms with van der Waals surface area (Å²) in [4.78, 5) is 15.5. The number of aromatic amines is 1. The molecule has 1 amide bonds. The van der Waals surface area contributed by atoms with E-state index >= 15 is 0 Å². The molecule has 0 radical (unpaired) electrons. The molecule has 0 saturated heterocycles. The van der Waals surface area contributed by atoms with Crippen LogP contribution in [0.25, 0.3) is 10.9 Å². The molecule has 2 N–H and O–H groups in total. The van der Waals surface area contributed by atoms with Crippen molar-refractivity contribution in [3.05, 3.63) is 34.5 Å². The Morgan fingerprint density at radius 3 is 2.89 bits per heavy atom. The van der Waals surface area contributed by atoms with E-state index in [1.54, 1.807) is 6.07 Å². The van der Waals surface area contributed by atoms with E-state index in [1.165, 1.54) is 0 Å². The predicted molar refractivity (Wildman–Crippen MR) is 75.3 cm³/mol. The van der Waals surface area contributed by atoms with Crippen LogP contribution < -0.4 is 5.32 Å². The van der Waals surface area contributed by atoms with Crippen LogP contribution >= 0.6 is 11.6 Å². The summed E-state index contributed by atoms with van der Waals surface area (Å²) in [6, 6.07) is 5.76. The third kappa shape index (κ3) is 2.23. The Morgan fingerprint density at radius 1 is 1.50 bits per heavy atom. The quantitative estimate of drug-likeness (QED) is 0.873. The molecular formula is C14H17ClN2O. The summed E-state index contributed by atoms with van der Waals surface area (Å²) in [5.41, 5.74) is 2.39. The van der Waals surface area contributed by atoms with Crippen molar-refractivity contribution in [2.45, 2.75) is 33.2 Å². The average molecular weight is 265 g/mol. The number of fused-ring (bicyclic) bond motifs is 1. The molecule has 96 valence electrons. The zero-order valence-corrected chi connectivity index (χ0v) is 11.6. The molecule has 0 spiro atoms. The molecule has 1 atom stereocenters. The highest BCUT2D eigenvalue weighted by atomic mass is 35.5. The smallest absolute Gasteiger partial charge is 0.253 e. The Labute approximate surface area is 112 Å². The number of carbonyl (C=O) groups excluding carboxylic acids is 1. The first-order valence-electron chi connectivity index (χ1n) is 6.12. The fourth-order valence-electron chi connectivity index (χ4n) is 2.02. The Morgan fingerprint density at radius 2 is 2.22 bits per heavy atom. The number of aryl methyl sites for hydroxylation is 1. The lowest BCUT2D eigenvalue weighted by Crippen LogP contribution is -2.32. The van der Waals surface area contributed by atoms with Gasteiger partial charge in [-0.25, -0.2) is 0 Å². The normalized spacial score (nSPS) is 12.7. The minimum atomic E-state index is -0.0683. The number of rotatable bonds is 3.